The standard InChI is InChI=1S/C70H95N11O11/c1-16-50(75-62(84)53(25-21-35-73-67(71)90)76-63(85)59(43(4)5)77-57(82)33-34-58(83)81-39-49-24-18-17-22-47(49)29-30-48-23-19-20-26-54(48)81)31-27-44(6)41-92-68(91)74-38-46-28-32-51-52(40-79(14)56(51)37-46)70(11,12)60(72-13)64(86)78-61(69(8,9)10)65(87)80(15)55(42(2)3)36-45(7)66(88)89/h16-20,22-24,26-32,36-37,40,42-43,53,55,59-61,72H,6,21,25,33-35,38-39,41H2,1-5,7-15H3,(H,74,91)(H,75,84)(H,76,85)(H,77,82)(H,78,86)(H,88,89)(H3,71,73,90)/b30-29-,31-27-,45-36+,50-16+/t53-,55+,59-,60+,61+/m0/s1. The number of anilines is 1. The summed E-state index contributed by atoms with van der Waals surface area (Å²) in [6, 6.07) is 15.8. The first-order valence-corrected chi connectivity index (χ1v) is 31.1. The average Bonchev–Trinajstić information content (AvgIpc) is 1.57. The summed E-state index contributed by atoms with van der Waals surface area (Å²) in [7, 11) is 5.20. The third kappa shape index (κ3) is 20.1. The molecule has 0 aliphatic carbocycles. The van der Waals surface area contributed by atoms with Gasteiger partial charge in [-0.25, -0.2) is 14.4 Å². The van der Waals surface area contributed by atoms with E-state index in [0.717, 1.165) is 38.7 Å². The predicted molar refractivity (Wildman–Crippen MR) is 359 cm³/mol. The summed E-state index contributed by atoms with van der Waals surface area (Å²) >= 11 is 0. The Kier molecular flexibility index (Phi) is 26.4. The number of aliphatic carboxylic acids is 1. The van der Waals surface area contributed by atoms with Crippen LogP contribution in [0.3, 0.4) is 0 Å². The van der Waals surface area contributed by atoms with E-state index in [4.69, 9.17) is 10.5 Å². The number of allylic oxidation sites excluding steroid dienone is 2. The SMILES string of the molecule is C=C(/C=C\C(=C/C)NC(=O)[C@H](CCCNC(N)=O)NC(=O)[C@@H](NC(=O)CCC(=O)N1Cc2ccccc2/C=C\c2ccccc21)C(C)C)COC(=O)NCc1ccc2c(C(C)(C)[C@H](NC)C(=O)N[C@H](C(=O)N(C)[C@H](/C=C(\C)C(=O)O)C(C)C)C(C)(C)C)cn(C)c2c1. The lowest BCUT2D eigenvalue weighted by molar-refractivity contribution is -0.141. The number of fused-ring (bicyclic) bond motifs is 3. The van der Waals surface area contributed by atoms with Gasteiger partial charge in [-0.15, -0.1) is 0 Å². The van der Waals surface area contributed by atoms with E-state index in [1.807, 2.05) is 145 Å². The van der Waals surface area contributed by atoms with Gasteiger partial charge in [0.1, 0.15) is 24.7 Å². The molecule has 1 aromatic heterocycles. The number of hydrogen-bond donors (Lipinski definition) is 9. The number of ether oxygens (including phenoxy) is 1. The van der Waals surface area contributed by atoms with E-state index in [1.165, 1.54) is 11.8 Å². The Hall–Kier alpha value is -9.31. The Morgan fingerprint density at radius 3 is 2.11 bits per heavy atom. The van der Waals surface area contributed by atoms with E-state index < -0.39 is 88.7 Å². The van der Waals surface area contributed by atoms with Crippen molar-refractivity contribution in [3.63, 3.8) is 0 Å². The second-order valence-corrected chi connectivity index (χ2v) is 25.6. The number of aromatic nitrogens is 1. The van der Waals surface area contributed by atoms with Gasteiger partial charge in [-0.2, -0.15) is 0 Å². The molecule has 9 amide bonds. The highest BCUT2D eigenvalue weighted by Gasteiger charge is 2.43. The molecule has 92 heavy (non-hydrogen) atoms. The number of nitrogens with zero attached hydrogens (tertiary/aromatic N) is 3. The number of urea groups is 1. The van der Waals surface area contributed by atoms with Crippen LogP contribution in [0.2, 0.25) is 0 Å². The first-order chi connectivity index (χ1) is 43.3. The van der Waals surface area contributed by atoms with Crippen molar-refractivity contribution >= 4 is 82.3 Å². The molecule has 0 bridgehead atoms. The van der Waals surface area contributed by atoms with Crippen LogP contribution in [0.4, 0.5) is 15.3 Å². The lowest BCUT2D eigenvalue weighted by atomic mass is 9.76. The van der Waals surface area contributed by atoms with Crippen LogP contribution in [0.1, 0.15) is 130 Å². The Balaban J connectivity index is 1.17. The number of amides is 9. The van der Waals surface area contributed by atoms with Crippen molar-refractivity contribution in [3.8, 4) is 0 Å². The average molecular weight is 1270 g/mol. The fourth-order valence-electron chi connectivity index (χ4n) is 11.0. The Morgan fingerprint density at radius 2 is 1.48 bits per heavy atom. The van der Waals surface area contributed by atoms with Crippen molar-refractivity contribution < 1.29 is 53.0 Å². The minimum Gasteiger partial charge on any atom is -0.478 e. The van der Waals surface area contributed by atoms with E-state index in [0.29, 0.717) is 23.5 Å². The molecular weight excluding hydrogens is 1170 g/mol. The molecule has 22 nitrogen and oxygen atoms in total. The van der Waals surface area contributed by atoms with Crippen LogP contribution in [0.5, 0.6) is 0 Å². The minimum atomic E-state index is -1.13. The second kappa shape index (κ2) is 33.1. The van der Waals surface area contributed by atoms with E-state index in [9.17, 15) is 48.3 Å². The summed E-state index contributed by atoms with van der Waals surface area (Å²) in [6.45, 7) is 24.3. The highest BCUT2D eigenvalue weighted by Crippen LogP contribution is 2.36. The largest absolute Gasteiger partial charge is 0.478 e. The quantitative estimate of drug-likeness (QED) is 0.0142. The number of carboxylic acids is 1. The number of carbonyl (C=O) groups is 9. The molecule has 0 saturated heterocycles. The number of para-hydroxylation sites is 1. The number of rotatable bonds is 29. The molecule has 0 saturated carbocycles. The predicted octanol–water partition coefficient (Wildman–Crippen LogP) is 8.02. The molecule has 496 valence electrons. The van der Waals surface area contributed by atoms with Crippen molar-refractivity contribution in [1.82, 2.24) is 46.7 Å². The van der Waals surface area contributed by atoms with E-state index >= 15 is 0 Å². The second-order valence-electron chi connectivity index (χ2n) is 25.6. The number of nitrogens with one attached hydrogen (secondary N) is 7. The minimum absolute atomic E-state index is 0.0778. The van der Waals surface area contributed by atoms with Gasteiger partial charge in [0.2, 0.25) is 35.4 Å². The molecule has 4 aromatic rings. The summed E-state index contributed by atoms with van der Waals surface area (Å²) < 4.78 is 7.43. The first kappa shape index (κ1) is 73.4. The van der Waals surface area contributed by atoms with E-state index in [2.05, 4.69) is 43.8 Å². The summed E-state index contributed by atoms with van der Waals surface area (Å²) in [5.74, 6) is -4.37. The van der Waals surface area contributed by atoms with Crippen LogP contribution >= 0.6 is 0 Å². The Morgan fingerprint density at radius 1 is 0.815 bits per heavy atom. The summed E-state index contributed by atoms with van der Waals surface area (Å²) in [4.78, 5) is 123. The zero-order valence-electron chi connectivity index (χ0n) is 55.7. The summed E-state index contributed by atoms with van der Waals surface area (Å²) in [5.41, 5.74) is 10.5. The van der Waals surface area contributed by atoms with Crippen LogP contribution in [0.25, 0.3) is 23.1 Å². The Bertz CT molecular complexity index is 3500. The topological polar surface area (TPSA) is 305 Å². The Labute approximate surface area is 541 Å². The molecule has 10 N–H and O–H groups in total. The normalized spacial score (nSPS) is 14.7. The molecule has 2 heterocycles. The van der Waals surface area contributed by atoms with Gasteiger partial charge in [-0.1, -0.05) is 154 Å². The third-order valence-corrected chi connectivity index (χ3v) is 16.3. The molecule has 1 aliphatic rings. The molecule has 0 unspecified atom stereocenters. The monoisotopic (exact) mass is 1270 g/mol. The first-order valence-electron chi connectivity index (χ1n) is 31.1. The fraction of sp³-hybridized carbons (Fsp3) is 0.443. The van der Waals surface area contributed by atoms with Gasteiger partial charge >= 0.3 is 18.1 Å². The number of alkyl carbamates (subject to hydrolysis) is 1. The van der Waals surface area contributed by atoms with Gasteiger partial charge in [-0.05, 0) is 103 Å². The number of aryl methyl sites for hydroxylation is 1. The molecule has 22 heteroatoms. The molecule has 0 radical (unpaired) electrons. The molecule has 5 atom stereocenters. The molecular formula is C70H95N11O11. The highest BCUT2D eigenvalue weighted by molar-refractivity contribution is 5.99. The lowest BCUT2D eigenvalue weighted by Crippen LogP contribution is -2.61. The molecule has 0 spiro atoms. The van der Waals surface area contributed by atoms with E-state index in [-0.39, 0.29) is 68.7 Å². The van der Waals surface area contributed by atoms with Crippen molar-refractivity contribution in [2.75, 3.05) is 32.1 Å². The maximum absolute atomic E-state index is 14.4. The van der Waals surface area contributed by atoms with Crippen molar-refractivity contribution in [2.45, 2.75) is 151 Å². The maximum atomic E-state index is 14.4. The van der Waals surface area contributed by atoms with E-state index in [1.54, 1.807) is 64.1 Å². The smallest absolute Gasteiger partial charge is 0.407 e. The summed E-state index contributed by atoms with van der Waals surface area (Å²) in [6.07, 6.45) is 11.5. The van der Waals surface area contributed by atoms with Crippen LogP contribution in [0.15, 0.2) is 121 Å². The zero-order valence-corrected chi connectivity index (χ0v) is 55.7. The number of carboxylic acid groups (broad SMARTS) is 1. The number of nitrogens with two attached hydrogens (primary N) is 1. The maximum Gasteiger partial charge on any atom is 0.407 e. The van der Waals surface area contributed by atoms with Crippen LogP contribution in [-0.2, 0) is 63.9 Å². The van der Waals surface area contributed by atoms with Crippen LogP contribution < -0.4 is 47.9 Å². The zero-order chi connectivity index (χ0) is 68.4. The highest BCUT2D eigenvalue weighted by atomic mass is 16.5. The number of primary amides is 1. The third-order valence-electron chi connectivity index (χ3n) is 16.3. The number of benzene rings is 3. The number of likely N-dealkylation sites (N-methyl/N-ethyl adjacent to an activating group) is 2. The van der Waals surface area contributed by atoms with Gasteiger partial charge in [-0.3, -0.25) is 28.8 Å². The molecule has 1 aliphatic heterocycles. The molecule has 5 rings (SSSR count). The van der Waals surface area contributed by atoms with Gasteiger partial charge in [0.15, 0.2) is 0 Å². The van der Waals surface area contributed by atoms with Crippen LogP contribution in [-0.4, -0.2) is 126 Å². The molecule has 0 fully saturated rings. The fourth-order valence-corrected chi connectivity index (χ4v) is 11.0. The molecule has 3 aromatic carbocycles. The van der Waals surface area contributed by atoms with Crippen molar-refractivity contribution in [3.05, 3.63) is 148 Å². The van der Waals surface area contributed by atoms with Gasteiger partial charge < -0.3 is 67.2 Å². The van der Waals surface area contributed by atoms with Crippen LogP contribution in [0, 0.1) is 17.3 Å². The summed E-state index contributed by atoms with van der Waals surface area (Å²) in [5, 5.41) is 30.3. The van der Waals surface area contributed by atoms with Gasteiger partial charge in [0.25, 0.3) is 0 Å². The van der Waals surface area contributed by atoms with Gasteiger partial charge in [0.05, 0.1) is 24.3 Å². The van der Waals surface area contributed by atoms with Crippen molar-refractivity contribution in [1.29, 1.82) is 0 Å². The van der Waals surface area contributed by atoms with Gasteiger partial charge in [0, 0.05) is 73.8 Å². The number of carbonyl (C=O) groups excluding carboxylic acids is 8. The lowest BCUT2D eigenvalue weighted by Gasteiger charge is -2.39. The van der Waals surface area contributed by atoms with Crippen molar-refractivity contribution in [2.24, 2.45) is 30.0 Å². The number of hydrogen-bond acceptors (Lipinski definition) is 11.